The lowest BCUT2D eigenvalue weighted by atomic mass is 9.81. The standard InChI is InChI=1S/C21H25F3N8O4/c1-10(31-36)15(25)19(34)28-16(12-3-6-21(23,24)7-4-12)20(35)27-14-9-32(30-17(14)22)11(2)13-5-8-26-29-18(13)33/h5,8-9,11-12,16,25,36H,3-4,6-7H2,1-2H3,(H,27,35)(H,28,34)(H,29,33)/b25-15?,31-10-/t11-,16-/m0/s1. The van der Waals surface area contributed by atoms with E-state index in [1.165, 1.54) is 19.2 Å². The van der Waals surface area contributed by atoms with Crippen LogP contribution in [0.1, 0.15) is 51.1 Å². The molecule has 15 heteroatoms. The van der Waals surface area contributed by atoms with Crippen LogP contribution in [0.5, 0.6) is 0 Å². The monoisotopic (exact) mass is 510 g/mol. The Morgan fingerprint density at radius 1 is 1.36 bits per heavy atom. The van der Waals surface area contributed by atoms with Crippen LogP contribution in [0.25, 0.3) is 0 Å². The first-order valence-corrected chi connectivity index (χ1v) is 11.0. The first-order valence-electron chi connectivity index (χ1n) is 11.0. The first-order chi connectivity index (χ1) is 16.9. The number of hydrogen-bond donors (Lipinski definition) is 5. The molecule has 36 heavy (non-hydrogen) atoms. The Kier molecular flexibility index (Phi) is 7.90. The number of nitrogens with one attached hydrogen (secondary N) is 4. The summed E-state index contributed by atoms with van der Waals surface area (Å²) in [6.45, 7) is 2.77. The summed E-state index contributed by atoms with van der Waals surface area (Å²) in [5.74, 6) is -6.66. The molecule has 0 saturated heterocycles. The SMILES string of the molecule is C/C(=N/O)C(=N)C(=O)N[C@H](C(=O)Nc1cn([C@@H](C)c2ccn[nH]c2=O)nc1F)C1CCC(F)(F)CC1. The molecule has 0 aliphatic heterocycles. The second kappa shape index (κ2) is 10.7. The van der Waals surface area contributed by atoms with Crippen molar-refractivity contribution in [3.05, 3.63) is 40.3 Å². The summed E-state index contributed by atoms with van der Waals surface area (Å²) in [5.41, 5.74) is -1.69. The minimum Gasteiger partial charge on any atom is -0.411 e. The Morgan fingerprint density at radius 2 is 2.03 bits per heavy atom. The van der Waals surface area contributed by atoms with Gasteiger partial charge in [-0.2, -0.15) is 9.49 Å². The van der Waals surface area contributed by atoms with E-state index in [0.717, 1.165) is 10.9 Å². The quantitative estimate of drug-likeness (QED) is 0.205. The van der Waals surface area contributed by atoms with Crippen LogP contribution in [0.4, 0.5) is 18.9 Å². The molecule has 1 aliphatic carbocycles. The first kappa shape index (κ1) is 26.6. The zero-order valence-electron chi connectivity index (χ0n) is 19.4. The molecule has 0 aromatic carbocycles. The van der Waals surface area contributed by atoms with Gasteiger partial charge in [0.1, 0.15) is 23.2 Å². The molecule has 1 aliphatic rings. The molecule has 0 radical (unpaired) electrons. The number of nitrogens with zero attached hydrogens (tertiary/aromatic N) is 4. The molecule has 5 N–H and O–H groups in total. The summed E-state index contributed by atoms with van der Waals surface area (Å²) < 4.78 is 43.1. The molecule has 1 saturated carbocycles. The number of hydrogen-bond acceptors (Lipinski definition) is 8. The van der Waals surface area contributed by atoms with E-state index in [4.69, 9.17) is 10.6 Å². The highest BCUT2D eigenvalue weighted by Gasteiger charge is 2.41. The van der Waals surface area contributed by atoms with Crippen molar-refractivity contribution in [3.8, 4) is 0 Å². The van der Waals surface area contributed by atoms with E-state index in [9.17, 15) is 27.6 Å². The summed E-state index contributed by atoms with van der Waals surface area (Å²) in [6, 6.07) is -0.684. The zero-order valence-corrected chi connectivity index (χ0v) is 19.4. The number of H-pyrrole nitrogens is 1. The molecule has 2 aromatic rings. The Balaban J connectivity index is 1.82. The van der Waals surface area contributed by atoms with Gasteiger partial charge in [-0.15, -0.1) is 5.10 Å². The molecular formula is C21H25F3N8O4. The Labute approximate surface area is 202 Å². The van der Waals surface area contributed by atoms with Crippen molar-refractivity contribution in [2.24, 2.45) is 11.1 Å². The predicted molar refractivity (Wildman–Crippen MR) is 121 cm³/mol. The van der Waals surface area contributed by atoms with E-state index in [2.05, 4.69) is 31.1 Å². The number of amides is 2. The van der Waals surface area contributed by atoms with Gasteiger partial charge in [0.05, 0.1) is 12.2 Å². The molecule has 2 atom stereocenters. The summed E-state index contributed by atoms with van der Waals surface area (Å²) >= 11 is 0. The molecule has 0 bridgehead atoms. The fraction of sp³-hybridized carbons (Fsp3) is 0.476. The topological polar surface area (TPSA) is 178 Å². The summed E-state index contributed by atoms with van der Waals surface area (Å²) in [7, 11) is 0. The Hall–Kier alpha value is -4.04. The largest absolute Gasteiger partial charge is 0.411 e. The zero-order chi connectivity index (χ0) is 26.6. The van der Waals surface area contributed by atoms with Gasteiger partial charge in [-0.05, 0) is 38.7 Å². The maximum absolute atomic E-state index is 14.6. The van der Waals surface area contributed by atoms with E-state index < -0.39 is 65.8 Å². The molecule has 0 unspecified atom stereocenters. The van der Waals surface area contributed by atoms with Crippen molar-refractivity contribution < 1.29 is 28.0 Å². The minimum atomic E-state index is -2.90. The molecule has 12 nitrogen and oxygen atoms in total. The van der Waals surface area contributed by atoms with E-state index >= 15 is 0 Å². The van der Waals surface area contributed by atoms with Crippen molar-refractivity contribution in [1.29, 1.82) is 5.41 Å². The van der Waals surface area contributed by atoms with Crippen molar-refractivity contribution in [2.45, 2.75) is 57.5 Å². The molecule has 2 heterocycles. The Bertz CT molecular complexity index is 1230. The van der Waals surface area contributed by atoms with Crippen LogP contribution in [0.2, 0.25) is 0 Å². The summed E-state index contributed by atoms with van der Waals surface area (Å²) in [5, 5.41) is 33.5. The molecule has 2 aromatic heterocycles. The van der Waals surface area contributed by atoms with E-state index in [1.807, 2.05) is 0 Å². The van der Waals surface area contributed by atoms with Crippen LogP contribution in [-0.2, 0) is 9.59 Å². The van der Waals surface area contributed by atoms with Gasteiger partial charge in [-0.25, -0.2) is 13.9 Å². The highest BCUT2D eigenvalue weighted by molar-refractivity contribution is 6.65. The van der Waals surface area contributed by atoms with Crippen LogP contribution in [0.3, 0.4) is 0 Å². The number of oxime groups is 1. The second-order valence-electron chi connectivity index (χ2n) is 8.52. The number of aromatic nitrogens is 4. The minimum absolute atomic E-state index is 0.102. The number of carbonyl (C=O) groups is 2. The van der Waals surface area contributed by atoms with Crippen LogP contribution in [-0.4, -0.2) is 60.4 Å². The van der Waals surface area contributed by atoms with Gasteiger partial charge < -0.3 is 15.8 Å². The highest BCUT2D eigenvalue weighted by atomic mass is 19.3. The molecule has 3 rings (SSSR count). The van der Waals surface area contributed by atoms with Gasteiger partial charge in [0, 0.05) is 24.6 Å². The van der Waals surface area contributed by atoms with Gasteiger partial charge in [-0.1, -0.05) is 5.16 Å². The number of carbonyl (C=O) groups excluding carboxylic acids is 2. The maximum Gasteiger partial charge on any atom is 0.271 e. The maximum atomic E-state index is 14.6. The number of aromatic amines is 1. The third-order valence-electron chi connectivity index (χ3n) is 6.09. The van der Waals surface area contributed by atoms with E-state index in [1.54, 1.807) is 6.92 Å². The lowest BCUT2D eigenvalue weighted by Gasteiger charge is -2.33. The lowest BCUT2D eigenvalue weighted by Crippen LogP contribution is -2.52. The van der Waals surface area contributed by atoms with Crippen molar-refractivity contribution in [3.63, 3.8) is 0 Å². The van der Waals surface area contributed by atoms with E-state index in [0.29, 0.717) is 0 Å². The molecule has 1 fully saturated rings. The molecule has 2 amide bonds. The molecular weight excluding hydrogens is 485 g/mol. The fourth-order valence-electron chi connectivity index (χ4n) is 3.91. The number of anilines is 1. The summed E-state index contributed by atoms with van der Waals surface area (Å²) in [4.78, 5) is 37.5. The van der Waals surface area contributed by atoms with Gasteiger partial charge in [0.2, 0.25) is 11.8 Å². The Morgan fingerprint density at radius 3 is 2.64 bits per heavy atom. The normalized spacial score (nSPS) is 17.8. The van der Waals surface area contributed by atoms with Gasteiger partial charge >= 0.3 is 0 Å². The van der Waals surface area contributed by atoms with Crippen LogP contribution in [0, 0.1) is 17.3 Å². The van der Waals surface area contributed by atoms with Gasteiger partial charge in [-0.3, -0.25) is 24.5 Å². The van der Waals surface area contributed by atoms with Crippen molar-refractivity contribution in [2.75, 3.05) is 5.32 Å². The smallest absolute Gasteiger partial charge is 0.271 e. The molecule has 194 valence electrons. The van der Waals surface area contributed by atoms with Crippen molar-refractivity contribution in [1.82, 2.24) is 25.3 Å². The average molecular weight is 510 g/mol. The van der Waals surface area contributed by atoms with E-state index in [-0.39, 0.29) is 29.8 Å². The van der Waals surface area contributed by atoms with Gasteiger partial charge in [0.15, 0.2) is 0 Å². The fourth-order valence-corrected chi connectivity index (χ4v) is 3.91. The van der Waals surface area contributed by atoms with Crippen LogP contribution in [0.15, 0.2) is 28.4 Å². The molecule has 0 spiro atoms. The average Bonchev–Trinajstić information content (AvgIpc) is 3.21. The second-order valence-corrected chi connectivity index (χ2v) is 8.52. The summed E-state index contributed by atoms with van der Waals surface area (Å²) in [6.07, 6.45) is 1.28. The lowest BCUT2D eigenvalue weighted by molar-refractivity contribution is -0.126. The number of halogens is 3. The van der Waals surface area contributed by atoms with Crippen LogP contribution < -0.4 is 16.2 Å². The van der Waals surface area contributed by atoms with Gasteiger partial charge in [0.25, 0.3) is 17.4 Å². The third-order valence-corrected chi connectivity index (χ3v) is 6.09. The van der Waals surface area contributed by atoms with Crippen molar-refractivity contribution >= 4 is 28.9 Å². The number of alkyl halides is 2. The van der Waals surface area contributed by atoms with Crippen LogP contribution >= 0.6 is 0 Å². The third kappa shape index (κ3) is 5.95. The highest BCUT2D eigenvalue weighted by Crippen LogP contribution is 2.37. The predicted octanol–water partition coefficient (Wildman–Crippen LogP) is 1.83. The number of rotatable bonds is 8.